The first-order chi connectivity index (χ1) is 13.8. The maximum Gasteiger partial charge on any atom is 0.267 e. The number of rotatable bonds is 6. The molecule has 1 aliphatic carbocycles. The molecule has 29 heavy (non-hydrogen) atoms. The molecule has 2 fully saturated rings. The molecule has 8 heteroatoms. The van der Waals surface area contributed by atoms with Gasteiger partial charge in [-0.05, 0) is 49.6 Å². The van der Waals surface area contributed by atoms with Crippen molar-refractivity contribution < 1.29 is 14.0 Å². The van der Waals surface area contributed by atoms with E-state index in [1.165, 1.54) is 18.2 Å². The highest BCUT2D eigenvalue weighted by Crippen LogP contribution is 2.21. The van der Waals surface area contributed by atoms with E-state index in [2.05, 4.69) is 16.0 Å². The Balaban J connectivity index is 1.74. The zero-order valence-corrected chi connectivity index (χ0v) is 16.6. The van der Waals surface area contributed by atoms with Gasteiger partial charge in [-0.2, -0.15) is 0 Å². The lowest BCUT2D eigenvalue weighted by atomic mass is 10.0. The van der Waals surface area contributed by atoms with Gasteiger partial charge in [0.05, 0.1) is 11.7 Å². The highest BCUT2D eigenvalue weighted by molar-refractivity contribution is 5.96. The minimum absolute atomic E-state index is 0.0318. The van der Waals surface area contributed by atoms with Crippen LogP contribution >= 0.6 is 0 Å². The molecule has 0 atom stereocenters. The number of carbonyl (C=O) groups excluding carboxylic acids is 2. The summed E-state index contributed by atoms with van der Waals surface area (Å²) in [4.78, 5) is 24.5. The van der Waals surface area contributed by atoms with Crippen LogP contribution in [0.15, 0.2) is 30.0 Å². The molecule has 1 aromatic rings. The summed E-state index contributed by atoms with van der Waals surface area (Å²) in [5, 5.41) is 8.79. The van der Waals surface area contributed by atoms with Gasteiger partial charge in [-0.25, -0.2) is 4.39 Å². The molecule has 0 spiro atoms. The van der Waals surface area contributed by atoms with Crippen molar-refractivity contribution in [3.8, 4) is 0 Å². The molecule has 1 aromatic carbocycles. The first-order valence-electron chi connectivity index (χ1n) is 9.91. The molecule has 2 aliphatic rings. The Bertz CT molecular complexity index is 855. The third kappa shape index (κ3) is 5.14. The molecule has 0 unspecified atom stereocenters. The molecular formula is C21H28FN5O2. The predicted octanol–water partition coefficient (Wildman–Crippen LogP) is 1.04. The van der Waals surface area contributed by atoms with Crippen LogP contribution in [0.25, 0.3) is 5.70 Å². The van der Waals surface area contributed by atoms with Gasteiger partial charge >= 0.3 is 0 Å². The second-order valence-corrected chi connectivity index (χ2v) is 7.66. The van der Waals surface area contributed by atoms with Crippen molar-refractivity contribution in [1.82, 2.24) is 16.0 Å². The fourth-order valence-corrected chi connectivity index (χ4v) is 3.45. The third-order valence-electron chi connectivity index (χ3n) is 5.43. The molecule has 3 rings (SSSR count). The summed E-state index contributed by atoms with van der Waals surface area (Å²) in [5.74, 6) is -1.21. The van der Waals surface area contributed by atoms with E-state index in [9.17, 15) is 14.0 Å². The van der Waals surface area contributed by atoms with Crippen LogP contribution in [0.5, 0.6) is 0 Å². The summed E-state index contributed by atoms with van der Waals surface area (Å²) in [5.41, 5.74) is 13.1. The summed E-state index contributed by atoms with van der Waals surface area (Å²) in [7, 11) is 0. The maximum atomic E-state index is 14.4. The zero-order valence-electron chi connectivity index (χ0n) is 16.6. The van der Waals surface area contributed by atoms with Crippen molar-refractivity contribution in [1.29, 1.82) is 0 Å². The largest absolute Gasteiger partial charge is 0.398 e. The molecule has 1 aliphatic heterocycles. The molecule has 1 heterocycles. The quantitative estimate of drug-likeness (QED) is 0.360. The van der Waals surface area contributed by atoms with Crippen LogP contribution in [0.4, 0.5) is 4.39 Å². The smallest absolute Gasteiger partial charge is 0.267 e. The minimum atomic E-state index is -0.522. The highest BCUT2D eigenvalue weighted by Gasteiger charge is 2.21. The van der Waals surface area contributed by atoms with Gasteiger partial charge in [-0.3, -0.25) is 9.59 Å². The number of nitrogens with two attached hydrogens (primary N) is 2. The summed E-state index contributed by atoms with van der Waals surface area (Å²) < 4.78 is 14.4. The lowest BCUT2D eigenvalue weighted by molar-refractivity contribution is -0.118. The van der Waals surface area contributed by atoms with Gasteiger partial charge in [0.1, 0.15) is 5.82 Å². The van der Waals surface area contributed by atoms with Crippen LogP contribution in [0.2, 0.25) is 0 Å². The van der Waals surface area contributed by atoms with E-state index in [-0.39, 0.29) is 40.9 Å². The van der Waals surface area contributed by atoms with Gasteiger partial charge in [-0.15, -0.1) is 0 Å². The molecule has 1 saturated carbocycles. The minimum Gasteiger partial charge on any atom is -0.398 e. The van der Waals surface area contributed by atoms with Crippen molar-refractivity contribution in [2.75, 3.05) is 13.1 Å². The summed E-state index contributed by atoms with van der Waals surface area (Å²) in [6.45, 7) is 2.98. The number of benzene rings is 1. The Morgan fingerprint density at radius 3 is 2.41 bits per heavy atom. The number of carbonyl (C=O) groups is 2. The second kappa shape index (κ2) is 9.09. The third-order valence-corrected chi connectivity index (χ3v) is 5.43. The molecule has 0 aromatic heterocycles. The SMILES string of the molecule is Cc1c(F)cc(C(=O)NC2CNC2)cc1/C(N)=C/C=C(\N)C(=O)NC1CCCC1. The van der Waals surface area contributed by atoms with E-state index in [0.29, 0.717) is 24.2 Å². The van der Waals surface area contributed by atoms with Gasteiger partial charge in [0.15, 0.2) is 0 Å². The van der Waals surface area contributed by atoms with Gasteiger partial charge in [0.2, 0.25) is 0 Å². The Labute approximate surface area is 169 Å². The lowest BCUT2D eigenvalue weighted by Gasteiger charge is -2.28. The first kappa shape index (κ1) is 20.9. The molecule has 7 N–H and O–H groups in total. The molecule has 0 radical (unpaired) electrons. The van der Waals surface area contributed by atoms with E-state index >= 15 is 0 Å². The van der Waals surface area contributed by atoms with Crippen molar-refractivity contribution in [3.63, 3.8) is 0 Å². The number of amides is 2. The molecule has 7 nitrogen and oxygen atoms in total. The number of allylic oxidation sites excluding steroid dienone is 2. The van der Waals surface area contributed by atoms with Crippen LogP contribution in [0.3, 0.4) is 0 Å². The fourth-order valence-electron chi connectivity index (χ4n) is 3.45. The Kier molecular flexibility index (Phi) is 6.53. The predicted molar refractivity (Wildman–Crippen MR) is 110 cm³/mol. The van der Waals surface area contributed by atoms with E-state index in [0.717, 1.165) is 25.7 Å². The maximum absolute atomic E-state index is 14.4. The Hall–Kier alpha value is -2.87. The van der Waals surface area contributed by atoms with Gasteiger partial charge in [-0.1, -0.05) is 12.8 Å². The van der Waals surface area contributed by atoms with Gasteiger partial charge in [0, 0.05) is 36.0 Å². The molecule has 2 amide bonds. The standard InChI is InChI=1S/C21H28FN5O2/c1-12-16(8-13(9-17(12)22)20(28)27-15-10-25-11-15)18(23)6-7-19(24)21(29)26-14-4-2-3-5-14/h6-9,14-15,25H,2-5,10-11,23-24H2,1H3,(H,26,29)(H,27,28)/b18-6-,19-7-. The van der Waals surface area contributed by atoms with Crippen molar-refractivity contribution in [3.05, 3.63) is 52.5 Å². The molecular weight excluding hydrogens is 373 g/mol. The normalized spacial score (nSPS) is 18.4. The zero-order chi connectivity index (χ0) is 21.0. The van der Waals surface area contributed by atoms with Crippen LogP contribution in [0.1, 0.15) is 47.2 Å². The molecule has 0 bridgehead atoms. The van der Waals surface area contributed by atoms with Crippen LogP contribution in [-0.4, -0.2) is 37.0 Å². The van der Waals surface area contributed by atoms with Crippen molar-refractivity contribution in [2.45, 2.75) is 44.7 Å². The van der Waals surface area contributed by atoms with Crippen molar-refractivity contribution >= 4 is 17.5 Å². The van der Waals surface area contributed by atoms with E-state index in [1.54, 1.807) is 13.0 Å². The van der Waals surface area contributed by atoms with Crippen LogP contribution in [0, 0.1) is 12.7 Å². The summed E-state index contributed by atoms with van der Waals surface area (Å²) in [6, 6.07) is 2.96. The highest BCUT2D eigenvalue weighted by atomic mass is 19.1. The summed E-state index contributed by atoms with van der Waals surface area (Å²) in [6.07, 6.45) is 7.00. The van der Waals surface area contributed by atoms with Crippen molar-refractivity contribution in [2.24, 2.45) is 11.5 Å². The van der Waals surface area contributed by atoms with Gasteiger partial charge in [0.25, 0.3) is 11.8 Å². The van der Waals surface area contributed by atoms with E-state index < -0.39 is 5.82 Å². The summed E-state index contributed by atoms with van der Waals surface area (Å²) >= 11 is 0. The fraction of sp³-hybridized carbons (Fsp3) is 0.429. The Morgan fingerprint density at radius 2 is 1.79 bits per heavy atom. The Morgan fingerprint density at radius 1 is 1.10 bits per heavy atom. The first-order valence-corrected chi connectivity index (χ1v) is 9.91. The molecule has 156 valence electrons. The van der Waals surface area contributed by atoms with Crippen LogP contribution < -0.4 is 27.4 Å². The van der Waals surface area contributed by atoms with E-state index in [4.69, 9.17) is 11.5 Å². The average Bonchev–Trinajstić information content (AvgIpc) is 3.17. The number of nitrogens with one attached hydrogen (secondary N) is 3. The number of hydrogen-bond acceptors (Lipinski definition) is 5. The lowest BCUT2D eigenvalue weighted by Crippen LogP contribution is -2.56. The van der Waals surface area contributed by atoms with Crippen LogP contribution in [-0.2, 0) is 4.79 Å². The number of halogens is 1. The average molecular weight is 401 g/mol. The number of hydrogen-bond donors (Lipinski definition) is 5. The van der Waals surface area contributed by atoms with E-state index in [1.807, 2.05) is 0 Å². The monoisotopic (exact) mass is 401 g/mol. The molecule has 1 saturated heterocycles. The van der Waals surface area contributed by atoms with Gasteiger partial charge < -0.3 is 27.4 Å². The second-order valence-electron chi connectivity index (χ2n) is 7.66. The topological polar surface area (TPSA) is 122 Å².